The smallest absolute Gasteiger partial charge is 0.217 e. The van der Waals surface area contributed by atoms with Crippen LogP contribution in [0.5, 0.6) is 0 Å². The van der Waals surface area contributed by atoms with Gasteiger partial charge in [0.15, 0.2) is 0 Å². The number of thiophene rings is 1. The summed E-state index contributed by atoms with van der Waals surface area (Å²) in [6.07, 6.45) is 2.75. The minimum absolute atomic E-state index is 0.00468. The van der Waals surface area contributed by atoms with E-state index in [1.165, 1.54) is 10.4 Å². The van der Waals surface area contributed by atoms with Gasteiger partial charge in [-0.1, -0.05) is 0 Å². The molecule has 7 heteroatoms. The van der Waals surface area contributed by atoms with Crippen molar-refractivity contribution in [3.63, 3.8) is 0 Å². The van der Waals surface area contributed by atoms with Gasteiger partial charge in [-0.15, -0.1) is 11.3 Å². The number of aryl methyl sites for hydroxylation is 2. The lowest BCUT2D eigenvalue weighted by Crippen LogP contribution is -2.68. The first kappa shape index (κ1) is 14.8. The minimum atomic E-state index is -0.0221. The fourth-order valence-electron chi connectivity index (χ4n) is 3.76. The van der Waals surface area contributed by atoms with Crippen molar-refractivity contribution in [2.24, 2.45) is 5.92 Å². The number of carbonyl (C=O) groups is 1. The first-order valence-electron chi connectivity index (χ1n) is 7.92. The molecule has 1 aliphatic carbocycles. The molecular weight excluding hydrogens is 312 g/mol. The Hall–Kier alpha value is -1.73. The number of nitrogens with zero attached hydrogens (tertiary/aromatic N) is 2. The molecule has 4 rings (SSSR count). The number of hydrogen-bond donors (Lipinski definition) is 2. The summed E-state index contributed by atoms with van der Waals surface area (Å²) in [5.41, 5.74) is 1.22. The molecule has 0 radical (unpaired) electrons. The Bertz CT molecular complexity index is 775. The van der Waals surface area contributed by atoms with E-state index in [4.69, 9.17) is 4.74 Å². The molecule has 0 bridgehead atoms. The van der Waals surface area contributed by atoms with Crippen molar-refractivity contribution < 1.29 is 9.53 Å². The van der Waals surface area contributed by atoms with Crippen LogP contribution in [0.2, 0.25) is 0 Å². The Balaban J connectivity index is 1.65. The minimum Gasteiger partial charge on any atom is -0.376 e. The van der Waals surface area contributed by atoms with Gasteiger partial charge in [-0.3, -0.25) is 4.79 Å². The van der Waals surface area contributed by atoms with Gasteiger partial charge < -0.3 is 15.4 Å². The normalized spacial score (nSPS) is 29.2. The Morgan fingerprint density at radius 3 is 2.96 bits per heavy atom. The van der Waals surface area contributed by atoms with Crippen LogP contribution in [0.15, 0.2) is 6.33 Å². The number of anilines is 1. The topological polar surface area (TPSA) is 76.1 Å². The lowest BCUT2D eigenvalue weighted by molar-refractivity contribution is -0.123. The van der Waals surface area contributed by atoms with E-state index < -0.39 is 0 Å². The Morgan fingerprint density at radius 1 is 1.35 bits per heavy atom. The van der Waals surface area contributed by atoms with E-state index in [1.807, 2.05) is 0 Å². The van der Waals surface area contributed by atoms with E-state index in [2.05, 4.69) is 34.4 Å². The van der Waals surface area contributed by atoms with Crippen molar-refractivity contribution in [3.8, 4) is 0 Å². The zero-order valence-corrected chi connectivity index (χ0v) is 14.2. The fourth-order valence-corrected chi connectivity index (χ4v) is 4.76. The Morgan fingerprint density at radius 2 is 2.17 bits per heavy atom. The van der Waals surface area contributed by atoms with Crippen molar-refractivity contribution in [3.05, 3.63) is 16.8 Å². The summed E-state index contributed by atoms with van der Waals surface area (Å²) in [6, 6.07) is 0.161. The zero-order valence-electron chi connectivity index (χ0n) is 13.4. The predicted octanol–water partition coefficient (Wildman–Crippen LogP) is 2.01. The van der Waals surface area contributed by atoms with Gasteiger partial charge in [-0.25, -0.2) is 9.97 Å². The molecule has 23 heavy (non-hydrogen) atoms. The molecule has 4 atom stereocenters. The number of ether oxygens (including phenoxy) is 1. The van der Waals surface area contributed by atoms with E-state index in [-0.39, 0.29) is 24.1 Å². The zero-order chi connectivity index (χ0) is 16.1. The maximum Gasteiger partial charge on any atom is 0.217 e. The summed E-state index contributed by atoms with van der Waals surface area (Å²) in [7, 11) is 0. The van der Waals surface area contributed by atoms with Gasteiger partial charge in [-0.2, -0.15) is 0 Å². The highest BCUT2D eigenvalue weighted by molar-refractivity contribution is 7.18. The Labute approximate surface area is 138 Å². The summed E-state index contributed by atoms with van der Waals surface area (Å²) >= 11 is 1.69. The molecule has 0 aromatic carbocycles. The number of rotatable bonds is 3. The van der Waals surface area contributed by atoms with Crippen LogP contribution in [0, 0.1) is 19.8 Å². The molecule has 1 saturated heterocycles. The monoisotopic (exact) mass is 332 g/mol. The number of amides is 1. The summed E-state index contributed by atoms with van der Waals surface area (Å²) in [4.78, 5) is 22.6. The van der Waals surface area contributed by atoms with Crippen LogP contribution in [0.1, 0.15) is 23.8 Å². The molecule has 1 amide bonds. The van der Waals surface area contributed by atoms with Crippen LogP contribution in [-0.2, 0) is 9.53 Å². The molecule has 6 nitrogen and oxygen atoms in total. The van der Waals surface area contributed by atoms with E-state index in [0.29, 0.717) is 5.92 Å². The van der Waals surface area contributed by atoms with Crippen LogP contribution in [0.4, 0.5) is 5.82 Å². The third-order valence-corrected chi connectivity index (χ3v) is 6.14. The lowest BCUT2D eigenvalue weighted by Gasteiger charge is -2.48. The number of fused-ring (bicyclic) bond motifs is 2. The van der Waals surface area contributed by atoms with Crippen LogP contribution >= 0.6 is 11.3 Å². The van der Waals surface area contributed by atoms with Crippen LogP contribution in [-0.4, -0.2) is 40.7 Å². The second kappa shape index (κ2) is 5.42. The van der Waals surface area contributed by atoms with E-state index in [1.54, 1.807) is 24.6 Å². The standard InChI is InChI=1S/C16H20N4O2S/c1-7-8(2)23-16-11(7)15(17-6-18-16)20-12-10-4-5-22-14(10)13(12)19-9(3)21/h6,10,12-14H,4-5H2,1-3H3,(H,19,21)(H,17,18,20)/t10-,12+,13-,14-/m0/s1. The Kier molecular flexibility index (Phi) is 3.50. The van der Waals surface area contributed by atoms with E-state index >= 15 is 0 Å². The molecule has 1 aliphatic heterocycles. The molecule has 2 N–H and O–H groups in total. The molecule has 3 heterocycles. The molecule has 122 valence electrons. The van der Waals surface area contributed by atoms with Crippen molar-refractivity contribution in [2.75, 3.05) is 11.9 Å². The van der Waals surface area contributed by atoms with Gasteiger partial charge in [0.05, 0.1) is 23.6 Å². The van der Waals surface area contributed by atoms with Crippen molar-refractivity contribution in [1.82, 2.24) is 15.3 Å². The van der Waals surface area contributed by atoms with Crippen LogP contribution in [0.3, 0.4) is 0 Å². The highest BCUT2D eigenvalue weighted by Gasteiger charge is 2.54. The average Bonchev–Trinajstić information content (AvgIpc) is 3.06. The maximum absolute atomic E-state index is 11.5. The second-order valence-electron chi connectivity index (χ2n) is 6.37. The number of nitrogens with one attached hydrogen (secondary N) is 2. The van der Waals surface area contributed by atoms with Crippen molar-refractivity contribution >= 4 is 33.3 Å². The second-order valence-corrected chi connectivity index (χ2v) is 7.57. The van der Waals surface area contributed by atoms with Crippen LogP contribution < -0.4 is 10.6 Å². The summed E-state index contributed by atoms with van der Waals surface area (Å²) in [5.74, 6) is 1.27. The number of carbonyl (C=O) groups excluding carboxylic acids is 1. The van der Waals surface area contributed by atoms with E-state index in [0.717, 1.165) is 29.1 Å². The van der Waals surface area contributed by atoms with Gasteiger partial charge in [0.1, 0.15) is 17.0 Å². The van der Waals surface area contributed by atoms with Gasteiger partial charge in [-0.05, 0) is 25.8 Å². The molecule has 0 spiro atoms. The summed E-state index contributed by atoms with van der Waals surface area (Å²) in [6.45, 7) is 6.53. The van der Waals surface area contributed by atoms with Gasteiger partial charge >= 0.3 is 0 Å². The summed E-state index contributed by atoms with van der Waals surface area (Å²) < 4.78 is 5.76. The van der Waals surface area contributed by atoms with Gasteiger partial charge in [0.25, 0.3) is 0 Å². The SMILES string of the molecule is CC(=O)N[C@H]1[C@H](Nc2ncnc3sc(C)c(C)c23)[C@@H]2CCO[C@@H]21. The van der Waals surface area contributed by atoms with Gasteiger partial charge in [0.2, 0.25) is 5.91 Å². The first-order valence-corrected chi connectivity index (χ1v) is 8.74. The van der Waals surface area contributed by atoms with Crippen LogP contribution in [0.25, 0.3) is 10.2 Å². The predicted molar refractivity (Wildman–Crippen MR) is 89.8 cm³/mol. The third-order valence-electron chi connectivity index (χ3n) is 5.02. The molecule has 2 aliphatic rings. The molecule has 2 aromatic heterocycles. The highest BCUT2D eigenvalue weighted by atomic mass is 32.1. The average molecular weight is 332 g/mol. The largest absolute Gasteiger partial charge is 0.376 e. The van der Waals surface area contributed by atoms with Gasteiger partial charge in [0, 0.05) is 24.3 Å². The molecule has 1 saturated carbocycles. The maximum atomic E-state index is 11.5. The quantitative estimate of drug-likeness (QED) is 0.899. The molecule has 0 unspecified atom stereocenters. The van der Waals surface area contributed by atoms with Crippen molar-refractivity contribution in [2.45, 2.75) is 45.4 Å². The molecule has 2 aromatic rings. The first-order chi connectivity index (χ1) is 11.1. The highest BCUT2D eigenvalue weighted by Crippen LogP contribution is 2.42. The summed E-state index contributed by atoms with van der Waals surface area (Å²) in [5, 5.41) is 7.68. The fraction of sp³-hybridized carbons (Fsp3) is 0.562. The van der Waals surface area contributed by atoms with Crippen molar-refractivity contribution in [1.29, 1.82) is 0 Å². The third kappa shape index (κ3) is 2.30. The lowest BCUT2D eigenvalue weighted by atomic mass is 9.71. The molecular formula is C16H20N4O2S. The number of hydrogen-bond acceptors (Lipinski definition) is 6. The van der Waals surface area contributed by atoms with E-state index in [9.17, 15) is 4.79 Å². The number of aromatic nitrogens is 2. The molecule has 2 fully saturated rings.